The standard InChI is InChI=1S/C44H72N4O17.C4H10S6.CH4O.CH4.FH/c45-33(42(60)61)15-13-14-26-46-36(51)24-18-29(40(56)57)27-31(49)21-23-35(44(64)65)48-38(53)25-19-30(41(58)59)28-32(50)20-22-34(43(62)63)47-37(52)16-11-9-7-5-3-1-2-4-6-8-10-12-17-39(54)55;1-5-7-3-9-10-4-8-6-2;1-2;;/h29-30,33-35H,1-28,45H2,(H,46,51)(H,47,52)(H,48,53)(H,54,55)(H,56,57)(H,58,59)(H,60,61)(H,62,63)(H,64,65);3-4H2,1-2H3;2H,1H3;1H4;1H/t29-,30-,33+,34+,35+;;;;/m1..../s1/i/hD. The number of nitrogens with one attached hydrogen (secondary N) is 3. The predicted molar refractivity (Wildman–Crippen MR) is 317 cm³/mol. The summed E-state index contributed by atoms with van der Waals surface area (Å²) in [7, 11) is 12.4. The molecule has 0 aromatic heterocycles. The second kappa shape index (κ2) is 57.7. The molecule has 0 aromatic rings. The second-order valence-electron chi connectivity index (χ2n) is 17.5. The lowest BCUT2D eigenvalue weighted by atomic mass is 9.93. The van der Waals surface area contributed by atoms with Crippen molar-refractivity contribution < 1.29 is 94.6 Å². The maximum absolute atomic E-state index is 12.7. The number of carboxylic acid groups (broad SMARTS) is 6. The lowest BCUT2D eigenvalue weighted by Crippen LogP contribution is -2.41. The van der Waals surface area contributed by atoms with E-state index in [0.717, 1.165) is 71.3 Å². The number of aliphatic carboxylic acids is 6. The fourth-order valence-electron chi connectivity index (χ4n) is 7.09. The van der Waals surface area contributed by atoms with Crippen molar-refractivity contribution in [3.8, 4) is 0 Å². The van der Waals surface area contributed by atoms with E-state index in [4.69, 9.17) is 16.7 Å². The van der Waals surface area contributed by atoms with Crippen LogP contribution in [0.4, 0.5) is 4.70 Å². The molecule has 29 heteroatoms. The smallest absolute Gasteiger partial charge is 0.326 e. The molecular weight excluding hydrogens is 1160 g/mol. The molecular formula is C50H91FN4O18S6. The number of carbonyl (C=O) groups excluding carboxylic acids is 5. The molecule has 0 aliphatic heterocycles. The highest BCUT2D eigenvalue weighted by Gasteiger charge is 2.28. The van der Waals surface area contributed by atoms with Crippen LogP contribution in [0.5, 0.6) is 0 Å². The first kappa shape index (κ1) is 82.0. The van der Waals surface area contributed by atoms with Gasteiger partial charge in [0, 0.05) is 65.0 Å². The molecule has 0 aliphatic carbocycles. The summed E-state index contributed by atoms with van der Waals surface area (Å²) in [5, 5.41) is 72.6. The lowest BCUT2D eigenvalue weighted by molar-refractivity contribution is -0.145. The third kappa shape index (κ3) is 54.9. The molecule has 3 amide bonds. The number of hydrogen-bond acceptors (Lipinski definition) is 19. The zero-order chi connectivity index (χ0) is 59.5. The number of amides is 3. The van der Waals surface area contributed by atoms with Gasteiger partial charge in [-0.15, -0.1) is 0 Å². The summed E-state index contributed by atoms with van der Waals surface area (Å²) in [6.45, 7) is 0.182. The highest BCUT2D eigenvalue weighted by molar-refractivity contribution is 8.88. The molecule has 0 aromatic carbocycles. The van der Waals surface area contributed by atoms with Gasteiger partial charge in [0.2, 0.25) is 17.7 Å². The van der Waals surface area contributed by atoms with Crippen LogP contribution in [0.1, 0.15) is 181 Å². The number of aliphatic hydroxyl groups is 1. The van der Waals surface area contributed by atoms with Crippen LogP contribution < -0.4 is 21.7 Å². The molecule has 0 fully saturated rings. The Morgan fingerprint density at radius 1 is 0.443 bits per heavy atom. The summed E-state index contributed by atoms with van der Waals surface area (Å²) in [6.07, 6.45) is 13.0. The Labute approximate surface area is 490 Å². The molecule has 0 heterocycles. The summed E-state index contributed by atoms with van der Waals surface area (Å²) >= 11 is 0. The number of hydrogen-bond donors (Lipinski definition) is 11. The van der Waals surface area contributed by atoms with E-state index < -0.39 is 127 Å². The Kier molecular flexibility index (Phi) is 59.9. The second-order valence-corrected chi connectivity index (χ2v) is 25.9. The van der Waals surface area contributed by atoms with E-state index in [1.165, 1.54) is 10.2 Å². The Morgan fingerprint density at radius 3 is 1.18 bits per heavy atom. The molecule has 5 atom stereocenters. The van der Waals surface area contributed by atoms with Gasteiger partial charge >= 0.3 is 35.8 Å². The molecule has 462 valence electrons. The Morgan fingerprint density at radius 2 is 0.823 bits per heavy atom. The highest BCUT2D eigenvalue weighted by Crippen LogP contribution is 2.35. The summed E-state index contributed by atoms with van der Waals surface area (Å²) in [5.41, 5.74) is 1.91. The first-order valence-corrected chi connectivity index (χ1v) is 33.5. The fourth-order valence-corrected chi connectivity index (χ4v) is 14.5. The average molecular weight is 1250 g/mol. The SMILES string of the molecule is C.CO.CSSCSSCSSC.F.[2H]N[C@@H](CCCCNC(=O)CC[C@H](CC(=O)CC[C@H](NC(=O)CC[C@H](CC(=O)CC[C@H](NC(=O)CCCCCCCCCCCCCCC(=O)O)C(=O)O)C(=O)O)C(=O)O)C(=O)O)C(=O)O. The fraction of sp³-hybridized carbons (Fsp3) is 0.780. The molecule has 22 nitrogen and oxygen atoms in total. The van der Waals surface area contributed by atoms with Crippen molar-refractivity contribution in [2.45, 2.75) is 199 Å². The molecule has 0 rings (SSSR count). The number of rotatable bonds is 51. The van der Waals surface area contributed by atoms with Crippen molar-refractivity contribution in [3.63, 3.8) is 0 Å². The van der Waals surface area contributed by atoms with E-state index >= 15 is 0 Å². The van der Waals surface area contributed by atoms with Gasteiger partial charge in [0.25, 0.3) is 0 Å². The van der Waals surface area contributed by atoms with Gasteiger partial charge in [0.05, 0.1) is 22.0 Å². The molecule has 0 saturated heterocycles. The van der Waals surface area contributed by atoms with Crippen molar-refractivity contribution in [1.29, 1.82) is 0 Å². The van der Waals surface area contributed by atoms with Crippen molar-refractivity contribution in [2.24, 2.45) is 17.6 Å². The van der Waals surface area contributed by atoms with E-state index in [1.54, 1.807) is 0 Å². The average Bonchev–Trinajstić information content (AvgIpc) is 3.38. The van der Waals surface area contributed by atoms with Gasteiger partial charge in [-0.3, -0.25) is 47.9 Å². The zero-order valence-electron chi connectivity index (χ0n) is 46.1. The zero-order valence-corrected chi connectivity index (χ0v) is 50.0. The molecule has 12 N–H and O–H groups in total. The minimum absolute atomic E-state index is 0. The molecule has 0 aliphatic rings. The van der Waals surface area contributed by atoms with Gasteiger partial charge in [0.1, 0.15) is 31.1 Å². The normalized spacial score (nSPS) is 12.5. The molecule has 0 unspecified atom stereocenters. The van der Waals surface area contributed by atoms with Crippen molar-refractivity contribution >= 4 is 130 Å². The number of nitrogens with two attached hydrogens (primary N) is 1. The third-order valence-corrected chi connectivity index (χ3v) is 18.9. The van der Waals surface area contributed by atoms with Crippen LogP contribution in [0.15, 0.2) is 0 Å². The van der Waals surface area contributed by atoms with E-state index in [2.05, 4.69) is 28.5 Å². The number of halogens is 1. The van der Waals surface area contributed by atoms with Crippen LogP contribution in [0.25, 0.3) is 0 Å². The first-order valence-electron chi connectivity index (χ1n) is 26.1. The van der Waals surface area contributed by atoms with E-state index in [1.807, 2.05) is 70.5 Å². The minimum atomic E-state index is -1.59. The number of carboxylic acids is 6. The van der Waals surface area contributed by atoms with Gasteiger partial charge < -0.3 is 57.4 Å². The quantitative estimate of drug-likeness (QED) is 0.0154. The molecule has 0 bridgehead atoms. The van der Waals surface area contributed by atoms with E-state index in [-0.39, 0.29) is 70.0 Å². The number of unbranched alkanes of at least 4 members (excludes halogenated alkanes) is 12. The van der Waals surface area contributed by atoms with Crippen LogP contribution in [-0.2, 0) is 52.7 Å². The summed E-state index contributed by atoms with van der Waals surface area (Å²) in [5.74, 6) is -13.4. The summed E-state index contributed by atoms with van der Waals surface area (Å²) in [4.78, 5) is 131. The van der Waals surface area contributed by atoms with Crippen LogP contribution in [-0.4, -0.2) is 155 Å². The molecule has 0 spiro atoms. The molecule has 79 heavy (non-hydrogen) atoms. The van der Waals surface area contributed by atoms with Crippen LogP contribution in [0, 0.1) is 11.8 Å². The largest absolute Gasteiger partial charge is 0.481 e. The predicted octanol–water partition coefficient (Wildman–Crippen LogP) is 8.51. The lowest BCUT2D eigenvalue weighted by Gasteiger charge is -2.17. The minimum Gasteiger partial charge on any atom is -0.481 e. The number of ketones is 2. The molecule has 0 radical (unpaired) electrons. The number of Topliss-reactive ketones (excluding diaryl/α,β-unsaturated/α-hetero) is 2. The Hall–Kier alpha value is -3.48. The number of carbonyl (C=O) groups is 11. The van der Waals surface area contributed by atoms with E-state index in [0.29, 0.717) is 25.7 Å². The Bertz CT molecular complexity index is 1750. The van der Waals surface area contributed by atoms with Gasteiger partial charge in [-0.2, -0.15) is 0 Å². The monoisotopic (exact) mass is 1250 g/mol. The van der Waals surface area contributed by atoms with Gasteiger partial charge in [-0.25, -0.2) is 9.59 Å². The summed E-state index contributed by atoms with van der Waals surface area (Å²) in [6, 6.07) is -4.02. The first-order chi connectivity index (χ1) is 37.2. The number of aliphatic hydroxyl groups excluding tert-OH is 1. The van der Waals surface area contributed by atoms with Gasteiger partial charge in [-0.1, -0.05) is 136 Å². The maximum Gasteiger partial charge on any atom is 0.326 e. The topological polar surface area (TPSA) is 391 Å². The van der Waals surface area contributed by atoms with Crippen LogP contribution in [0.2, 0.25) is 1.41 Å². The van der Waals surface area contributed by atoms with E-state index in [9.17, 15) is 73.2 Å². The van der Waals surface area contributed by atoms with Crippen molar-refractivity contribution in [2.75, 3.05) is 36.3 Å². The highest BCUT2D eigenvalue weighted by atomic mass is 33.2. The summed E-state index contributed by atoms with van der Waals surface area (Å²) < 4.78 is 6.98. The van der Waals surface area contributed by atoms with Gasteiger partial charge in [-0.05, 0) is 70.3 Å². The maximum atomic E-state index is 12.7. The van der Waals surface area contributed by atoms with Crippen molar-refractivity contribution in [3.05, 3.63) is 0 Å². The third-order valence-electron chi connectivity index (χ3n) is 11.4. The van der Waals surface area contributed by atoms with Gasteiger partial charge in [0.15, 0.2) is 0 Å². The molecule has 0 saturated carbocycles. The van der Waals surface area contributed by atoms with Crippen LogP contribution >= 0.6 is 64.8 Å². The van der Waals surface area contributed by atoms with Crippen LogP contribution in [0.3, 0.4) is 0 Å². The van der Waals surface area contributed by atoms with Crippen molar-refractivity contribution in [1.82, 2.24) is 16.0 Å². The Balaban J connectivity index is -0.00000120.